The first kappa shape index (κ1) is 21.5. The Labute approximate surface area is 177 Å². The van der Waals surface area contributed by atoms with E-state index < -0.39 is 10.0 Å². The maximum atomic E-state index is 12.3. The molecule has 0 bridgehead atoms. The lowest BCUT2D eigenvalue weighted by Gasteiger charge is -2.12. The van der Waals surface area contributed by atoms with Crippen molar-refractivity contribution in [2.45, 2.75) is 18.4 Å². The van der Waals surface area contributed by atoms with Crippen LogP contribution in [0, 0.1) is 6.92 Å². The van der Waals surface area contributed by atoms with Crippen LogP contribution in [0.4, 0.5) is 5.69 Å². The number of nitrogens with zero attached hydrogens (tertiary/aromatic N) is 1. The minimum absolute atomic E-state index is 0.192. The van der Waals surface area contributed by atoms with E-state index in [-0.39, 0.29) is 17.4 Å². The normalized spacial score (nSPS) is 11.3. The Kier molecular flexibility index (Phi) is 6.54. The lowest BCUT2D eigenvalue weighted by atomic mass is 10.2. The molecule has 0 aliphatic rings. The van der Waals surface area contributed by atoms with Crippen LogP contribution in [0.3, 0.4) is 0 Å². The summed E-state index contributed by atoms with van der Waals surface area (Å²) in [6, 6.07) is 21.0. The van der Waals surface area contributed by atoms with Crippen molar-refractivity contribution in [3.8, 4) is 5.75 Å². The molecule has 0 radical (unpaired) electrons. The van der Waals surface area contributed by atoms with Gasteiger partial charge in [0.05, 0.1) is 4.90 Å². The number of carbonyl (C=O) groups excluding carboxylic acids is 1. The van der Waals surface area contributed by atoms with Gasteiger partial charge in [0.1, 0.15) is 12.4 Å². The van der Waals surface area contributed by atoms with Crippen LogP contribution in [-0.2, 0) is 16.6 Å². The number of amides is 1. The molecular formula is C23H24N2O4S. The molecule has 0 fully saturated rings. The van der Waals surface area contributed by atoms with Gasteiger partial charge >= 0.3 is 0 Å². The fraction of sp³-hybridized carbons (Fsp3) is 0.174. The first-order valence-corrected chi connectivity index (χ1v) is 10.8. The molecule has 0 aliphatic heterocycles. The summed E-state index contributed by atoms with van der Waals surface area (Å²) in [5.74, 6) is 0.426. The highest BCUT2D eigenvalue weighted by atomic mass is 32.2. The molecule has 1 N–H and O–H groups in total. The lowest BCUT2D eigenvalue weighted by molar-refractivity contribution is 0.102. The van der Waals surface area contributed by atoms with Gasteiger partial charge in [0.25, 0.3) is 5.91 Å². The van der Waals surface area contributed by atoms with Crippen molar-refractivity contribution in [3.05, 3.63) is 89.5 Å². The summed E-state index contributed by atoms with van der Waals surface area (Å²) in [7, 11) is -0.450. The molecule has 0 spiro atoms. The SMILES string of the molecule is Cc1ccc(NC(=O)c2ccc(OCc3ccc(S(=O)(=O)N(C)C)cc3)cc2)cc1. The van der Waals surface area contributed by atoms with E-state index in [1.165, 1.54) is 18.4 Å². The molecule has 3 rings (SSSR count). The Hall–Kier alpha value is -3.16. The Morgan fingerprint density at radius 1 is 0.900 bits per heavy atom. The van der Waals surface area contributed by atoms with Crippen LogP contribution < -0.4 is 10.1 Å². The molecule has 0 aliphatic carbocycles. The van der Waals surface area contributed by atoms with Gasteiger partial charge < -0.3 is 10.1 Å². The van der Waals surface area contributed by atoms with Gasteiger partial charge in [-0.25, -0.2) is 12.7 Å². The van der Waals surface area contributed by atoms with E-state index in [0.29, 0.717) is 11.3 Å². The van der Waals surface area contributed by atoms with Crippen LogP contribution in [-0.4, -0.2) is 32.7 Å². The predicted molar refractivity (Wildman–Crippen MR) is 117 cm³/mol. The number of rotatable bonds is 7. The van der Waals surface area contributed by atoms with Gasteiger partial charge in [0.15, 0.2) is 0 Å². The Morgan fingerprint density at radius 2 is 1.50 bits per heavy atom. The fourth-order valence-corrected chi connectivity index (χ4v) is 3.58. The van der Waals surface area contributed by atoms with Crippen molar-refractivity contribution < 1.29 is 17.9 Å². The molecule has 0 heterocycles. The smallest absolute Gasteiger partial charge is 0.255 e. The van der Waals surface area contributed by atoms with E-state index in [9.17, 15) is 13.2 Å². The summed E-state index contributed by atoms with van der Waals surface area (Å²) in [5, 5.41) is 2.86. The average molecular weight is 425 g/mol. The molecule has 0 aromatic heterocycles. The van der Waals surface area contributed by atoms with Crippen LogP contribution in [0.5, 0.6) is 5.75 Å². The second kappa shape index (κ2) is 9.11. The van der Waals surface area contributed by atoms with Crippen LogP contribution in [0.15, 0.2) is 77.7 Å². The van der Waals surface area contributed by atoms with Crippen molar-refractivity contribution in [1.29, 1.82) is 0 Å². The molecular weight excluding hydrogens is 400 g/mol. The number of aryl methyl sites for hydroxylation is 1. The van der Waals surface area contributed by atoms with E-state index >= 15 is 0 Å². The molecule has 3 aromatic carbocycles. The minimum Gasteiger partial charge on any atom is -0.489 e. The highest BCUT2D eigenvalue weighted by Crippen LogP contribution is 2.18. The summed E-state index contributed by atoms with van der Waals surface area (Å²) in [5.41, 5.74) is 3.24. The maximum absolute atomic E-state index is 12.3. The molecule has 156 valence electrons. The van der Waals surface area contributed by atoms with Gasteiger partial charge in [-0.15, -0.1) is 0 Å². The van der Waals surface area contributed by atoms with E-state index in [4.69, 9.17) is 4.74 Å². The van der Waals surface area contributed by atoms with Crippen LogP contribution in [0.1, 0.15) is 21.5 Å². The third kappa shape index (κ3) is 5.25. The predicted octanol–water partition coefficient (Wildman–Crippen LogP) is 4.08. The Balaban J connectivity index is 1.58. The van der Waals surface area contributed by atoms with Crippen molar-refractivity contribution >= 4 is 21.6 Å². The summed E-state index contributed by atoms with van der Waals surface area (Å²) in [6.45, 7) is 2.28. The zero-order valence-electron chi connectivity index (χ0n) is 17.1. The molecule has 3 aromatic rings. The summed E-state index contributed by atoms with van der Waals surface area (Å²) in [4.78, 5) is 12.6. The minimum atomic E-state index is -3.44. The first-order chi connectivity index (χ1) is 14.3. The zero-order chi connectivity index (χ0) is 21.7. The molecule has 6 nitrogen and oxygen atoms in total. The van der Waals surface area contributed by atoms with Gasteiger partial charge in [0, 0.05) is 25.3 Å². The summed E-state index contributed by atoms with van der Waals surface area (Å²) >= 11 is 0. The third-order valence-corrected chi connectivity index (χ3v) is 6.36. The molecule has 0 saturated carbocycles. The number of carbonyl (C=O) groups is 1. The number of benzene rings is 3. The van der Waals surface area contributed by atoms with Crippen molar-refractivity contribution in [1.82, 2.24) is 4.31 Å². The van der Waals surface area contributed by atoms with Crippen molar-refractivity contribution in [2.24, 2.45) is 0 Å². The lowest BCUT2D eigenvalue weighted by Crippen LogP contribution is -2.22. The maximum Gasteiger partial charge on any atom is 0.255 e. The van der Waals surface area contributed by atoms with Crippen molar-refractivity contribution in [3.63, 3.8) is 0 Å². The van der Waals surface area contributed by atoms with Gasteiger partial charge in [-0.2, -0.15) is 0 Å². The molecule has 0 unspecified atom stereocenters. The molecule has 1 amide bonds. The number of hydrogen-bond acceptors (Lipinski definition) is 4. The Morgan fingerprint density at radius 3 is 2.07 bits per heavy atom. The molecule has 0 saturated heterocycles. The second-order valence-corrected chi connectivity index (χ2v) is 9.22. The number of hydrogen-bond donors (Lipinski definition) is 1. The number of anilines is 1. The highest BCUT2D eigenvalue weighted by molar-refractivity contribution is 7.89. The van der Waals surface area contributed by atoms with Crippen LogP contribution in [0.2, 0.25) is 0 Å². The topological polar surface area (TPSA) is 75.7 Å². The zero-order valence-corrected chi connectivity index (χ0v) is 17.9. The molecule has 30 heavy (non-hydrogen) atoms. The molecule has 7 heteroatoms. The molecule has 0 atom stereocenters. The fourth-order valence-electron chi connectivity index (χ4n) is 2.68. The van der Waals surface area contributed by atoms with E-state index in [2.05, 4.69) is 5.32 Å². The highest BCUT2D eigenvalue weighted by Gasteiger charge is 2.16. The monoisotopic (exact) mass is 424 g/mol. The van der Waals surface area contributed by atoms with Gasteiger partial charge in [-0.1, -0.05) is 29.8 Å². The summed E-state index contributed by atoms with van der Waals surface area (Å²) in [6.07, 6.45) is 0. The Bertz CT molecular complexity index is 1110. The van der Waals surface area contributed by atoms with Gasteiger partial charge in [0.2, 0.25) is 10.0 Å². The summed E-state index contributed by atoms with van der Waals surface area (Å²) < 4.78 is 31.1. The van der Waals surface area contributed by atoms with E-state index in [1.807, 2.05) is 31.2 Å². The van der Waals surface area contributed by atoms with Gasteiger partial charge in [-0.3, -0.25) is 4.79 Å². The van der Waals surface area contributed by atoms with E-state index in [1.54, 1.807) is 48.5 Å². The first-order valence-electron chi connectivity index (χ1n) is 9.38. The largest absolute Gasteiger partial charge is 0.489 e. The standard InChI is InChI=1S/C23H24N2O4S/c1-17-4-10-20(11-5-17)24-23(26)19-8-12-21(13-9-19)29-16-18-6-14-22(15-7-18)30(27,28)25(2)3/h4-15H,16H2,1-3H3,(H,24,26). The number of nitrogens with one attached hydrogen (secondary N) is 1. The number of sulfonamides is 1. The number of ether oxygens (including phenoxy) is 1. The van der Waals surface area contributed by atoms with Crippen molar-refractivity contribution in [2.75, 3.05) is 19.4 Å². The van der Waals surface area contributed by atoms with Crippen LogP contribution >= 0.6 is 0 Å². The van der Waals surface area contributed by atoms with E-state index in [0.717, 1.165) is 16.8 Å². The third-order valence-electron chi connectivity index (χ3n) is 4.53. The average Bonchev–Trinajstić information content (AvgIpc) is 2.74. The quantitative estimate of drug-likeness (QED) is 0.620. The van der Waals surface area contributed by atoms with Gasteiger partial charge in [-0.05, 0) is 61.0 Å². The second-order valence-electron chi connectivity index (χ2n) is 7.06. The van der Waals surface area contributed by atoms with Crippen LogP contribution in [0.25, 0.3) is 0 Å².